The van der Waals surface area contributed by atoms with Crippen molar-refractivity contribution in [1.29, 1.82) is 0 Å². The van der Waals surface area contributed by atoms with Gasteiger partial charge in [0.2, 0.25) is 0 Å². The van der Waals surface area contributed by atoms with Gasteiger partial charge in [-0.25, -0.2) is 0 Å². The summed E-state index contributed by atoms with van der Waals surface area (Å²) in [6.07, 6.45) is 2.99. The zero-order valence-electron chi connectivity index (χ0n) is 11.8. The van der Waals surface area contributed by atoms with E-state index in [4.69, 9.17) is 5.11 Å². The van der Waals surface area contributed by atoms with Gasteiger partial charge in [-0.1, -0.05) is 6.92 Å². The van der Waals surface area contributed by atoms with Gasteiger partial charge in [-0.2, -0.15) is 0 Å². The molecule has 0 fully saturated rings. The maximum Gasteiger partial charge on any atom is 0.0632 e. The lowest BCUT2D eigenvalue weighted by Crippen LogP contribution is -2.31. The Labute approximate surface area is 110 Å². The molecule has 4 nitrogen and oxygen atoms in total. The SMILES string of the molecule is CCCNC(C)c1ccc(N(C)C(C)CO)cn1. The predicted octanol–water partition coefficient (Wildman–Crippen LogP) is 1.96. The van der Waals surface area contributed by atoms with Crippen molar-refractivity contribution in [3.8, 4) is 0 Å². The largest absolute Gasteiger partial charge is 0.394 e. The second-order valence-corrected chi connectivity index (χ2v) is 4.76. The number of aromatic nitrogens is 1. The molecule has 1 rings (SSSR count). The minimum Gasteiger partial charge on any atom is -0.394 e. The summed E-state index contributed by atoms with van der Waals surface area (Å²) in [6, 6.07) is 4.48. The van der Waals surface area contributed by atoms with Crippen LogP contribution >= 0.6 is 0 Å². The molecule has 0 aromatic carbocycles. The Kier molecular flexibility index (Phi) is 6.09. The molecule has 2 N–H and O–H groups in total. The van der Waals surface area contributed by atoms with E-state index in [-0.39, 0.29) is 18.7 Å². The number of pyridine rings is 1. The first kappa shape index (κ1) is 14.9. The van der Waals surface area contributed by atoms with E-state index < -0.39 is 0 Å². The molecular formula is C14H25N3O. The minimum absolute atomic E-state index is 0.105. The lowest BCUT2D eigenvalue weighted by molar-refractivity contribution is 0.270. The molecule has 2 atom stereocenters. The van der Waals surface area contributed by atoms with Crippen molar-refractivity contribution in [2.75, 3.05) is 25.1 Å². The van der Waals surface area contributed by atoms with Gasteiger partial charge >= 0.3 is 0 Å². The first-order valence-electron chi connectivity index (χ1n) is 6.63. The second kappa shape index (κ2) is 7.34. The molecule has 4 heteroatoms. The standard InChI is InChI=1S/C14H25N3O/c1-5-8-15-12(3)14-7-6-13(9-16-14)17(4)11(2)10-18/h6-7,9,11-12,15,18H,5,8,10H2,1-4H3. The Bertz CT molecular complexity index is 339. The average molecular weight is 251 g/mol. The van der Waals surface area contributed by atoms with Crippen molar-refractivity contribution >= 4 is 5.69 Å². The van der Waals surface area contributed by atoms with Crippen LogP contribution in [-0.2, 0) is 0 Å². The third-order valence-electron chi connectivity index (χ3n) is 3.25. The van der Waals surface area contributed by atoms with Crippen molar-refractivity contribution in [2.45, 2.75) is 39.3 Å². The molecule has 1 heterocycles. The molecule has 1 aromatic heterocycles. The van der Waals surface area contributed by atoms with Gasteiger partial charge in [-0.3, -0.25) is 4.98 Å². The molecule has 1 aromatic rings. The van der Waals surface area contributed by atoms with Gasteiger partial charge in [0.25, 0.3) is 0 Å². The molecule has 0 aliphatic rings. The molecule has 0 amide bonds. The number of likely N-dealkylation sites (N-methyl/N-ethyl adjacent to an activating group) is 1. The van der Waals surface area contributed by atoms with Crippen LogP contribution in [0.5, 0.6) is 0 Å². The maximum atomic E-state index is 9.13. The summed E-state index contributed by atoms with van der Waals surface area (Å²) in [6.45, 7) is 7.41. The summed E-state index contributed by atoms with van der Waals surface area (Å²) in [5.41, 5.74) is 2.08. The Morgan fingerprint density at radius 2 is 2.11 bits per heavy atom. The van der Waals surface area contributed by atoms with E-state index in [2.05, 4.69) is 30.2 Å². The first-order chi connectivity index (χ1) is 8.60. The number of rotatable bonds is 7. The molecule has 0 saturated heterocycles. The monoisotopic (exact) mass is 251 g/mol. The van der Waals surface area contributed by atoms with E-state index in [1.165, 1.54) is 0 Å². The van der Waals surface area contributed by atoms with Crippen LogP contribution in [0.2, 0.25) is 0 Å². The van der Waals surface area contributed by atoms with Gasteiger partial charge in [0, 0.05) is 19.1 Å². The summed E-state index contributed by atoms with van der Waals surface area (Å²) < 4.78 is 0. The number of hydrogen-bond donors (Lipinski definition) is 2. The summed E-state index contributed by atoms with van der Waals surface area (Å²) >= 11 is 0. The number of nitrogens with zero attached hydrogens (tertiary/aromatic N) is 2. The third-order valence-corrected chi connectivity index (χ3v) is 3.25. The van der Waals surface area contributed by atoms with Crippen LogP contribution in [0.15, 0.2) is 18.3 Å². The zero-order valence-corrected chi connectivity index (χ0v) is 11.8. The summed E-state index contributed by atoms with van der Waals surface area (Å²) in [7, 11) is 1.97. The van der Waals surface area contributed by atoms with E-state index in [1.807, 2.05) is 31.1 Å². The Morgan fingerprint density at radius 1 is 1.39 bits per heavy atom. The van der Waals surface area contributed by atoms with Crippen LogP contribution in [0.1, 0.15) is 38.9 Å². The maximum absolute atomic E-state index is 9.13. The molecule has 2 unspecified atom stereocenters. The van der Waals surface area contributed by atoms with Gasteiger partial charge in [-0.05, 0) is 38.9 Å². The normalized spacial score (nSPS) is 14.3. The molecule has 18 heavy (non-hydrogen) atoms. The van der Waals surface area contributed by atoms with Gasteiger partial charge < -0.3 is 15.3 Å². The van der Waals surface area contributed by atoms with Gasteiger partial charge in [-0.15, -0.1) is 0 Å². The fourth-order valence-electron chi connectivity index (χ4n) is 1.70. The van der Waals surface area contributed by atoms with Gasteiger partial charge in [0.15, 0.2) is 0 Å². The van der Waals surface area contributed by atoms with Crippen molar-refractivity contribution in [3.63, 3.8) is 0 Å². The van der Waals surface area contributed by atoms with Crippen LogP contribution < -0.4 is 10.2 Å². The number of hydrogen-bond acceptors (Lipinski definition) is 4. The van der Waals surface area contributed by atoms with E-state index in [9.17, 15) is 0 Å². The summed E-state index contributed by atoms with van der Waals surface area (Å²) in [5, 5.41) is 12.5. The number of aliphatic hydroxyl groups excluding tert-OH is 1. The van der Waals surface area contributed by atoms with Crippen molar-refractivity contribution in [2.24, 2.45) is 0 Å². The average Bonchev–Trinajstić information content (AvgIpc) is 2.43. The van der Waals surface area contributed by atoms with Crippen LogP contribution in [0.4, 0.5) is 5.69 Å². The summed E-state index contributed by atoms with van der Waals surface area (Å²) in [4.78, 5) is 6.51. The predicted molar refractivity (Wildman–Crippen MR) is 75.9 cm³/mol. The van der Waals surface area contributed by atoms with Crippen molar-refractivity contribution < 1.29 is 5.11 Å². The van der Waals surface area contributed by atoms with Crippen molar-refractivity contribution in [1.82, 2.24) is 10.3 Å². The quantitative estimate of drug-likeness (QED) is 0.778. The lowest BCUT2D eigenvalue weighted by Gasteiger charge is -2.25. The molecule has 0 spiro atoms. The first-order valence-corrected chi connectivity index (χ1v) is 6.63. The fourth-order valence-corrected chi connectivity index (χ4v) is 1.70. The number of anilines is 1. The van der Waals surface area contributed by atoms with Crippen LogP contribution in [-0.4, -0.2) is 36.3 Å². The minimum atomic E-state index is 0.105. The molecule has 0 aliphatic heterocycles. The van der Waals surface area contributed by atoms with E-state index >= 15 is 0 Å². The zero-order chi connectivity index (χ0) is 13.5. The van der Waals surface area contributed by atoms with Crippen LogP contribution in [0.25, 0.3) is 0 Å². The molecule has 0 aliphatic carbocycles. The highest BCUT2D eigenvalue weighted by atomic mass is 16.3. The highest BCUT2D eigenvalue weighted by Gasteiger charge is 2.10. The van der Waals surface area contributed by atoms with E-state index in [1.54, 1.807) is 0 Å². The molecule has 102 valence electrons. The number of aliphatic hydroxyl groups is 1. The van der Waals surface area contributed by atoms with Crippen LogP contribution in [0, 0.1) is 0 Å². The molecular weight excluding hydrogens is 226 g/mol. The topological polar surface area (TPSA) is 48.4 Å². The smallest absolute Gasteiger partial charge is 0.0632 e. The van der Waals surface area contributed by atoms with Crippen LogP contribution in [0.3, 0.4) is 0 Å². The fraction of sp³-hybridized carbons (Fsp3) is 0.643. The van der Waals surface area contributed by atoms with Gasteiger partial charge in [0.1, 0.15) is 0 Å². The highest BCUT2D eigenvalue weighted by Crippen LogP contribution is 2.17. The molecule has 0 saturated carbocycles. The Morgan fingerprint density at radius 3 is 2.61 bits per heavy atom. The van der Waals surface area contributed by atoms with E-state index in [0.29, 0.717) is 0 Å². The highest BCUT2D eigenvalue weighted by molar-refractivity contribution is 5.44. The second-order valence-electron chi connectivity index (χ2n) is 4.76. The van der Waals surface area contributed by atoms with Crippen molar-refractivity contribution in [3.05, 3.63) is 24.0 Å². The Balaban J connectivity index is 2.67. The lowest BCUT2D eigenvalue weighted by atomic mass is 10.2. The number of nitrogens with one attached hydrogen (secondary N) is 1. The summed E-state index contributed by atoms with van der Waals surface area (Å²) in [5.74, 6) is 0. The molecule has 0 radical (unpaired) electrons. The van der Waals surface area contributed by atoms with Gasteiger partial charge in [0.05, 0.1) is 24.2 Å². The van der Waals surface area contributed by atoms with E-state index in [0.717, 1.165) is 24.3 Å². The third kappa shape index (κ3) is 3.96. The Hall–Kier alpha value is -1.13. The molecule has 0 bridgehead atoms.